The number of rotatable bonds is 9. The van der Waals surface area contributed by atoms with E-state index in [-0.39, 0.29) is 0 Å². The van der Waals surface area contributed by atoms with Crippen LogP contribution in [0.4, 0.5) is 0 Å². The van der Waals surface area contributed by atoms with Crippen molar-refractivity contribution in [2.45, 2.75) is 24.6 Å². The zero-order chi connectivity index (χ0) is 21.5. The van der Waals surface area contributed by atoms with Gasteiger partial charge in [-0.3, -0.25) is 0 Å². The van der Waals surface area contributed by atoms with Gasteiger partial charge >= 0.3 is 201 Å². The summed E-state index contributed by atoms with van der Waals surface area (Å²) in [7, 11) is 0. The average Bonchev–Trinajstić information content (AvgIpc) is 2.82. The second-order valence-corrected chi connectivity index (χ2v) is 25.9. The van der Waals surface area contributed by atoms with Crippen LogP contribution in [0, 0.1) is 0 Å². The van der Waals surface area contributed by atoms with Gasteiger partial charge in [0.2, 0.25) is 0 Å². The SMILES string of the molecule is CC([Se]P(=[Se])(CCc1ccccc1)CCc1ccccc1)c1ccc2ccccc2c1. The molecule has 1 unspecified atom stereocenters. The van der Waals surface area contributed by atoms with Crippen LogP contribution >= 0.6 is 4.20 Å². The number of hydrogen-bond acceptors (Lipinski definition) is 0. The van der Waals surface area contributed by atoms with E-state index < -0.39 is 4.20 Å². The van der Waals surface area contributed by atoms with Crippen molar-refractivity contribution in [3.05, 3.63) is 120 Å². The Kier molecular flexibility index (Phi) is 8.06. The molecule has 0 N–H and O–H groups in total. The first kappa shape index (κ1) is 22.8. The molecule has 31 heavy (non-hydrogen) atoms. The zero-order valence-electron chi connectivity index (χ0n) is 18.0. The van der Waals surface area contributed by atoms with E-state index in [1.54, 1.807) is 0 Å². The molecule has 0 aromatic heterocycles. The van der Waals surface area contributed by atoms with E-state index in [0.717, 1.165) is 0 Å². The van der Waals surface area contributed by atoms with Crippen LogP contribution in [0.3, 0.4) is 0 Å². The van der Waals surface area contributed by atoms with Crippen LogP contribution in [0.25, 0.3) is 10.8 Å². The summed E-state index contributed by atoms with van der Waals surface area (Å²) >= 11 is 4.38. The Labute approximate surface area is 200 Å². The summed E-state index contributed by atoms with van der Waals surface area (Å²) in [6.07, 6.45) is 4.98. The maximum atomic E-state index is 3.81. The van der Waals surface area contributed by atoms with Crippen LogP contribution in [-0.4, -0.2) is 41.9 Å². The molecule has 1 atom stereocenters. The molecule has 0 radical (unpaired) electrons. The van der Waals surface area contributed by atoms with Crippen molar-refractivity contribution >= 4 is 44.6 Å². The molecule has 0 spiro atoms. The first-order valence-corrected chi connectivity index (χ1v) is 18.5. The van der Waals surface area contributed by atoms with E-state index in [1.165, 1.54) is 52.6 Å². The first-order valence-electron chi connectivity index (χ1n) is 10.9. The normalized spacial score (nSPS) is 12.7. The Morgan fingerprint density at radius 1 is 0.677 bits per heavy atom. The summed E-state index contributed by atoms with van der Waals surface area (Å²) in [4.78, 5) is 0.623. The number of benzene rings is 4. The summed E-state index contributed by atoms with van der Waals surface area (Å²) in [6, 6.07) is 37.8. The van der Waals surface area contributed by atoms with Gasteiger partial charge in [0, 0.05) is 0 Å². The zero-order valence-corrected chi connectivity index (χ0v) is 22.3. The molecule has 0 aliphatic rings. The Morgan fingerprint density at radius 2 is 1.19 bits per heavy atom. The fourth-order valence-electron chi connectivity index (χ4n) is 3.92. The molecule has 0 fully saturated rings. The molecule has 0 nitrogen and oxygen atoms in total. The molecule has 0 saturated heterocycles. The number of aryl methyl sites for hydroxylation is 2. The van der Waals surface area contributed by atoms with Crippen LogP contribution in [0.5, 0.6) is 0 Å². The predicted molar refractivity (Wildman–Crippen MR) is 141 cm³/mol. The monoisotopic (exact) mass is 556 g/mol. The van der Waals surface area contributed by atoms with E-state index in [1.807, 2.05) is 0 Å². The van der Waals surface area contributed by atoms with Crippen molar-refractivity contribution in [3.8, 4) is 0 Å². The third kappa shape index (κ3) is 6.55. The minimum absolute atomic E-state index is 0.568. The van der Waals surface area contributed by atoms with Gasteiger partial charge in [-0.05, 0) is 0 Å². The van der Waals surface area contributed by atoms with Crippen LogP contribution in [0.2, 0.25) is 0 Å². The predicted octanol–water partition coefficient (Wildman–Crippen LogP) is 7.11. The van der Waals surface area contributed by atoms with Gasteiger partial charge in [0.1, 0.15) is 0 Å². The van der Waals surface area contributed by atoms with Gasteiger partial charge in [-0.2, -0.15) is 0 Å². The molecule has 158 valence electrons. The minimum atomic E-state index is -1.14. The Balaban J connectivity index is 1.52. The van der Waals surface area contributed by atoms with Crippen molar-refractivity contribution in [2.75, 3.05) is 12.3 Å². The number of fused-ring (bicyclic) bond motifs is 1. The van der Waals surface area contributed by atoms with Crippen molar-refractivity contribution in [1.29, 1.82) is 0 Å². The molecule has 0 aliphatic carbocycles. The van der Waals surface area contributed by atoms with E-state index >= 15 is 0 Å². The van der Waals surface area contributed by atoms with E-state index in [9.17, 15) is 0 Å². The van der Waals surface area contributed by atoms with Crippen LogP contribution < -0.4 is 0 Å². The summed E-state index contributed by atoms with van der Waals surface area (Å²) in [5.41, 5.74) is 4.43. The van der Waals surface area contributed by atoms with Gasteiger partial charge < -0.3 is 0 Å². The third-order valence-corrected chi connectivity index (χ3v) is 20.7. The molecule has 0 amide bonds. The van der Waals surface area contributed by atoms with Crippen LogP contribution in [-0.2, 0) is 12.8 Å². The second-order valence-electron chi connectivity index (χ2n) is 8.09. The molecular formula is C28H29PSe2. The Hall–Kier alpha value is -1.39. The van der Waals surface area contributed by atoms with Gasteiger partial charge in [0.15, 0.2) is 0 Å². The standard InChI is InChI=1S/C28H29PSe2/c1-23(27-17-16-26-14-8-9-15-28(26)22-27)31-29(30,20-18-24-10-4-2-5-11-24)21-19-25-12-6-3-7-13-25/h2-17,22-23H,18-21H2,1H3. The summed E-state index contributed by atoms with van der Waals surface area (Å²) < 4.78 is -1.14. The van der Waals surface area contributed by atoms with Crippen molar-refractivity contribution in [3.63, 3.8) is 0 Å². The van der Waals surface area contributed by atoms with Crippen molar-refractivity contribution < 1.29 is 0 Å². The van der Waals surface area contributed by atoms with E-state index in [4.69, 9.17) is 0 Å². The fraction of sp³-hybridized carbons (Fsp3) is 0.214. The van der Waals surface area contributed by atoms with Gasteiger partial charge in [-0.25, -0.2) is 0 Å². The van der Waals surface area contributed by atoms with Crippen molar-refractivity contribution in [2.24, 2.45) is 0 Å². The van der Waals surface area contributed by atoms with Gasteiger partial charge in [0.05, 0.1) is 0 Å². The molecule has 4 aromatic rings. The molecule has 4 aromatic carbocycles. The Bertz CT molecular complexity index is 1110. The Morgan fingerprint density at radius 3 is 1.77 bits per heavy atom. The van der Waals surface area contributed by atoms with Gasteiger partial charge in [0.25, 0.3) is 0 Å². The molecule has 0 saturated carbocycles. The van der Waals surface area contributed by atoms with E-state index in [0.29, 0.717) is 19.3 Å². The first-order chi connectivity index (χ1) is 15.1. The summed E-state index contributed by atoms with van der Waals surface area (Å²) in [5, 5.41) is 2.70. The topological polar surface area (TPSA) is 0 Å². The molecular weight excluding hydrogens is 525 g/mol. The summed E-state index contributed by atoms with van der Waals surface area (Å²) in [6.45, 7) is 2.45. The average molecular weight is 554 g/mol. The molecule has 0 aliphatic heterocycles. The maximum absolute atomic E-state index is 3.81. The van der Waals surface area contributed by atoms with Gasteiger partial charge in [-0.1, -0.05) is 0 Å². The van der Waals surface area contributed by atoms with Crippen LogP contribution in [0.15, 0.2) is 103 Å². The van der Waals surface area contributed by atoms with Crippen molar-refractivity contribution in [1.82, 2.24) is 0 Å². The van der Waals surface area contributed by atoms with E-state index in [2.05, 4.69) is 125 Å². The fourth-order valence-corrected chi connectivity index (χ4v) is 18.8. The second kappa shape index (κ2) is 11.0. The van der Waals surface area contributed by atoms with Gasteiger partial charge in [-0.15, -0.1) is 0 Å². The molecule has 3 heteroatoms. The number of hydrogen-bond donors (Lipinski definition) is 0. The summed E-state index contributed by atoms with van der Waals surface area (Å²) in [5.74, 6) is 0. The molecule has 0 bridgehead atoms. The molecule has 0 heterocycles. The third-order valence-electron chi connectivity index (χ3n) is 5.76. The van der Waals surface area contributed by atoms with Crippen LogP contribution in [0.1, 0.15) is 28.4 Å². The quantitative estimate of drug-likeness (QED) is 0.153. The molecule has 4 rings (SSSR count).